The lowest BCUT2D eigenvalue weighted by Crippen LogP contribution is -2.36. The van der Waals surface area contributed by atoms with Crippen molar-refractivity contribution < 1.29 is 9.59 Å². The van der Waals surface area contributed by atoms with Crippen LogP contribution in [-0.4, -0.2) is 22.8 Å². The van der Waals surface area contributed by atoms with Crippen molar-refractivity contribution in [2.24, 2.45) is 0 Å². The SMILES string of the molecule is CCCCCCSC(CC(=O)NCc1ccccc1)C(=O)NCc1ccccc1. The van der Waals surface area contributed by atoms with E-state index in [4.69, 9.17) is 0 Å². The average Bonchev–Trinajstić information content (AvgIpc) is 2.76. The summed E-state index contributed by atoms with van der Waals surface area (Å²) in [4.78, 5) is 25.2. The fourth-order valence-corrected chi connectivity index (χ4v) is 4.08. The first-order chi connectivity index (χ1) is 14.2. The highest BCUT2D eigenvalue weighted by atomic mass is 32.2. The molecule has 29 heavy (non-hydrogen) atoms. The van der Waals surface area contributed by atoms with Gasteiger partial charge in [-0.15, -0.1) is 11.8 Å². The topological polar surface area (TPSA) is 58.2 Å². The van der Waals surface area contributed by atoms with Crippen LogP contribution in [0.15, 0.2) is 60.7 Å². The Kier molecular flexibility index (Phi) is 11.0. The summed E-state index contributed by atoms with van der Waals surface area (Å²) in [6.45, 7) is 3.15. The molecule has 2 N–H and O–H groups in total. The van der Waals surface area contributed by atoms with E-state index in [0.717, 1.165) is 23.3 Å². The van der Waals surface area contributed by atoms with Gasteiger partial charge in [-0.05, 0) is 23.3 Å². The Morgan fingerprint density at radius 2 is 1.41 bits per heavy atom. The van der Waals surface area contributed by atoms with Crippen LogP contribution in [0.3, 0.4) is 0 Å². The Bertz CT molecular complexity index is 722. The first-order valence-corrected chi connectivity index (χ1v) is 11.5. The van der Waals surface area contributed by atoms with Crippen LogP contribution in [0.4, 0.5) is 0 Å². The standard InChI is InChI=1S/C24H32N2O2S/c1-2-3-4-11-16-29-22(24(28)26-19-21-14-9-6-10-15-21)17-23(27)25-18-20-12-7-5-8-13-20/h5-10,12-15,22H,2-4,11,16-19H2,1H3,(H,25,27)(H,26,28). The van der Waals surface area contributed by atoms with Gasteiger partial charge in [0.15, 0.2) is 0 Å². The number of rotatable bonds is 13. The second-order valence-corrected chi connectivity index (χ2v) is 8.40. The zero-order valence-electron chi connectivity index (χ0n) is 17.2. The number of amides is 2. The Morgan fingerprint density at radius 3 is 2.00 bits per heavy atom. The number of thioether (sulfide) groups is 1. The minimum Gasteiger partial charge on any atom is -0.352 e. The van der Waals surface area contributed by atoms with Crippen molar-refractivity contribution in [3.05, 3.63) is 71.8 Å². The summed E-state index contributed by atoms with van der Waals surface area (Å²) in [5.74, 6) is 0.744. The molecule has 0 heterocycles. The van der Waals surface area contributed by atoms with Crippen molar-refractivity contribution in [3.8, 4) is 0 Å². The number of hydrogen-bond acceptors (Lipinski definition) is 3. The van der Waals surface area contributed by atoms with Crippen molar-refractivity contribution >= 4 is 23.6 Å². The third kappa shape index (κ3) is 9.66. The molecular formula is C24H32N2O2S. The molecular weight excluding hydrogens is 380 g/mol. The molecule has 0 aliphatic carbocycles. The lowest BCUT2D eigenvalue weighted by molar-refractivity contribution is -0.126. The lowest BCUT2D eigenvalue weighted by atomic mass is 10.2. The molecule has 2 rings (SSSR count). The molecule has 0 fully saturated rings. The highest BCUT2D eigenvalue weighted by molar-refractivity contribution is 8.00. The monoisotopic (exact) mass is 412 g/mol. The number of nitrogens with one attached hydrogen (secondary N) is 2. The maximum Gasteiger partial charge on any atom is 0.233 e. The largest absolute Gasteiger partial charge is 0.352 e. The molecule has 2 amide bonds. The van der Waals surface area contributed by atoms with Crippen LogP contribution < -0.4 is 10.6 Å². The van der Waals surface area contributed by atoms with Crippen LogP contribution >= 0.6 is 11.8 Å². The van der Waals surface area contributed by atoms with E-state index in [0.29, 0.717) is 13.1 Å². The average molecular weight is 413 g/mol. The summed E-state index contributed by atoms with van der Waals surface area (Å²) in [6, 6.07) is 19.7. The molecule has 0 radical (unpaired) electrons. The van der Waals surface area contributed by atoms with Gasteiger partial charge in [0.05, 0.1) is 5.25 Å². The molecule has 0 aliphatic heterocycles. The first kappa shape index (κ1) is 23.0. The molecule has 1 atom stereocenters. The zero-order chi connectivity index (χ0) is 20.7. The van der Waals surface area contributed by atoms with Crippen LogP contribution in [-0.2, 0) is 22.7 Å². The molecule has 0 aliphatic rings. The summed E-state index contributed by atoms with van der Waals surface area (Å²) in [5.41, 5.74) is 2.11. The normalized spacial score (nSPS) is 11.6. The predicted molar refractivity (Wildman–Crippen MR) is 122 cm³/mol. The van der Waals surface area contributed by atoms with E-state index in [-0.39, 0.29) is 23.5 Å². The number of carbonyl (C=O) groups excluding carboxylic acids is 2. The van der Waals surface area contributed by atoms with E-state index < -0.39 is 0 Å². The maximum atomic E-state index is 12.7. The molecule has 1 unspecified atom stereocenters. The van der Waals surface area contributed by atoms with Gasteiger partial charge in [0.2, 0.25) is 11.8 Å². The van der Waals surface area contributed by atoms with Gasteiger partial charge < -0.3 is 10.6 Å². The quantitative estimate of drug-likeness (QED) is 0.469. The van der Waals surface area contributed by atoms with Gasteiger partial charge in [0, 0.05) is 19.5 Å². The third-order valence-corrected chi connectivity index (χ3v) is 5.93. The van der Waals surface area contributed by atoms with Crippen molar-refractivity contribution in [1.29, 1.82) is 0 Å². The van der Waals surface area contributed by atoms with E-state index >= 15 is 0 Å². The van der Waals surface area contributed by atoms with Crippen LogP contribution in [0.1, 0.15) is 50.2 Å². The van der Waals surface area contributed by atoms with E-state index in [1.807, 2.05) is 60.7 Å². The minimum atomic E-state index is -0.365. The molecule has 2 aromatic carbocycles. The highest BCUT2D eigenvalue weighted by Crippen LogP contribution is 2.18. The molecule has 5 heteroatoms. The molecule has 156 valence electrons. The zero-order valence-corrected chi connectivity index (χ0v) is 18.0. The van der Waals surface area contributed by atoms with Crippen LogP contribution in [0.2, 0.25) is 0 Å². The van der Waals surface area contributed by atoms with Gasteiger partial charge >= 0.3 is 0 Å². The predicted octanol–water partition coefficient (Wildman–Crippen LogP) is 4.69. The highest BCUT2D eigenvalue weighted by Gasteiger charge is 2.22. The number of carbonyl (C=O) groups is 2. The molecule has 4 nitrogen and oxygen atoms in total. The van der Waals surface area contributed by atoms with Gasteiger partial charge in [-0.2, -0.15) is 0 Å². The Morgan fingerprint density at radius 1 is 0.828 bits per heavy atom. The Balaban J connectivity index is 1.84. The smallest absolute Gasteiger partial charge is 0.233 e. The maximum absolute atomic E-state index is 12.7. The molecule has 0 spiro atoms. The molecule has 0 saturated heterocycles. The fraction of sp³-hybridized carbons (Fsp3) is 0.417. The molecule has 0 aromatic heterocycles. The van der Waals surface area contributed by atoms with Gasteiger partial charge in [-0.1, -0.05) is 86.8 Å². The van der Waals surface area contributed by atoms with Gasteiger partial charge in [-0.3, -0.25) is 9.59 Å². The molecule has 2 aromatic rings. The van der Waals surface area contributed by atoms with Crippen molar-refractivity contribution in [2.75, 3.05) is 5.75 Å². The summed E-state index contributed by atoms with van der Waals surface area (Å²) in [6.07, 6.45) is 4.84. The summed E-state index contributed by atoms with van der Waals surface area (Å²) in [5, 5.41) is 5.56. The van der Waals surface area contributed by atoms with Crippen molar-refractivity contribution in [1.82, 2.24) is 10.6 Å². The summed E-state index contributed by atoms with van der Waals surface area (Å²) in [7, 11) is 0. The van der Waals surface area contributed by atoms with Crippen molar-refractivity contribution in [2.45, 2.75) is 57.4 Å². The van der Waals surface area contributed by atoms with E-state index in [1.54, 1.807) is 11.8 Å². The van der Waals surface area contributed by atoms with E-state index in [2.05, 4.69) is 17.6 Å². The van der Waals surface area contributed by atoms with Crippen LogP contribution in [0.25, 0.3) is 0 Å². The van der Waals surface area contributed by atoms with E-state index in [1.165, 1.54) is 19.3 Å². The summed E-state index contributed by atoms with van der Waals surface area (Å²) < 4.78 is 0. The van der Waals surface area contributed by atoms with Crippen molar-refractivity contribution in [3.63, 3.8) is 0 Å². The molecule has 0 saturated carbocycles. The number of benzene rings is 2. The fourth-order valence-electron chi connectivity index (χ4n) is 2.92. The van der Waals surface area contributed by atoms with Gasteiger partial charge in [-0.25, -0.2) is 0 Å². The minimum absolute atomic E-state index is 0.0656. The summed E-state index contributed by atoms with van der Waals surface area (Å²) >= 11 is 1.59. The van der Waals surface area contributed by atoms with E-state index in [9.17, 15) is 9.59 Å². The van der Waals surface area contributed by atoms with Gasteiger partial charge in [0.25, 0.3) is 0 Å². The Labute approximate surface area is 178 Å². The second kappa shape index (κ2) is 13.8. The number of hydrogen-bond donors (Lipinski definition) is 2. The Hall–Kier alpha value is -2.27. The lowest BCUT2D eigenvalue weighted by Gasteiger charge is -2.17. The van der Waals surface area contributed by atoms with Crippen LogP contribution in [0.5, 0.6) is 0 Å². The second-order valence-electron chi connectivity index (χ2n) is 7.09. The van der Waals surface area contributed by atoms with Crippen LogP contribution in [0, 0.1) is 0 Å². The third-order valence-electron chi connectivity index (χ3n) is 4.62. The van der Waals surface area contributed by atoms with Gasteiger partial charge in [0.1, 0.15) is 0 Å². The molecule has 0 bridgehead atoms. The first-order valence-electron chi connectivity index (χ1n) is 10.4. The number of unbranched alkanes of at least 4 members (excludes halogenated alkanes) is 3.